The third kappa shape index (κ3) is 5.06. The minimum atomic E-state index is 0. The Morgan fingerprint density at radius 1 is 1.03 bits per heavy atom. The summed E-state index contributed by atoms with van der Waals surface area (Å²) in [7, 11) is 4.06. The molecule has 1 saturated carbocycles. The number of fused-ring (bicyclic) bond motifs is 1. The molecular formula is C23H33N5S. The molecule has 1 fully saturated rings. The number of anilines is 2. The summed E-state index contributed by atoms with van der Waals surface area (Å²) in [6.45, 7) is 3.19. The average molecular weight is 412 g/mol. The van der Waals surface area contributed by atoms with Gasteiger partial charge < -0.3 is 15.5 Å². The second-order valence-corrected chi connectivity index (χ2v) is 8.88. The molecule has 0 amide bonds. The van der Waals surface area contributed by atoms with Crippen LogP contribution in [0.4, 0.5) is 11.8 Å². The van der Waals surface area contributed by atoms with E-state index in [1.165, 1.54) is 23.3 Å². The molecule has 0 spiro atoms. The second kappa shape index (κ2) is 9.55. The van der Waals surface area contributed by atoms with Crippen molar-refractivity contribution in [1.82, 2.24) is 15.3 Å². The van der Waals surface area contributed by atoms with Gasteiger partial charge in [0.2, 0.25) is 5.95 Å². The van der Waals surface area contributed by atoms with Crippen LogP contribution in [0.15, 0.2) is 35.7 Å². The van der Waals surface area contributed by atoms with Crippen LogP contribution < -0.4 is 15.5 Å². The predicted molar refractivity (Wildman–Crippen MR) is 126 cm³/mol. The van der Waals surface area contributed by atoms with E-state index in [4.69, 9.17) is 9.97 Å². The highest BCUT2D eigenvalue weighted by Crippen LogP contribution is 2.26. The van der Waals surface area contributed by atoms with Gasteiger partial charge in [-0.3, -0.25) is 0 Å². The maximum Gasteiger partial charge on any atom is 0.225 e. The topological polar surface area (TPSA) is 53.1 Å². The fourth-order valence-corrected chi connectivity index (χ4v) is 4.77. The second-order valence-electron chi connectivity index (χ2n) is 7.88. The zero-order valence-corrected chi connectivity index (χ0v) is 17.7. The lowest BCUT2D eigenvalue weighted by atomic mass is 9.91. The average Bonchev–Trinajstić information content (AvgIpc) is 3.11. The summed E-state index contributed by atoms with van der Waals surface area (Å²) in [4.78, 5) is 13.0. The number of para-hydroxylation sites is 1. The van der Waals surface area contributed by atoms with Crippen LogP contribution in [0.5, 0.6) is 0 Å². The largest absolute Gasteiger partial charge is 0.362 e. The first kappa shape index (κ1) is 21.5. The molecular weight excluding hydrogens is 378 g/mol. The molecule has 29 heavy (non-hydrogen) atoms. The molecule has 0 saturated heterocycles. The number of thiophene rings is 1. The lowest BCUT2D eigenvalue weighted by molar-refractivity contribution is 0.353. The van der Waals surface area contributed by atoms with E-state index in [0.717, 1.165) is 42.1 Å². The van der Waals surface area contributed by atoms with Crippen LogP contribution >= 0.6 is 11.3 Å². The van der Waals surface area contributed by atoms with E-state index in [9.17, 15) is 0 Å². The lowest BCUT2D eigenvalue weighted by Gasteiger charge is -2.30. The molecule has 5 nitrogen and oxygen atoms in total. The summed E-state index contributed by atoms with van der Waals surface area (Å²) in [5.41, 5.74) is 2.39. The first-order valence-corrected chi connectivity index (χ1v) is 10.9. The third-order valence-electron chi connectivity index (χ3n) is 5.59. The van der Waals surface area contributed by atoms with Gasteiger partial charge in [0.25, 0.3) is 0 Å². The van der Waals surface area contributed by atoms with Gasteiger partial charge in [0.05, 0.1) is 5.52 Å². The van der Waals surface area contributed by atoms with E-state index >= 15 is 0 Å². The summed E-state index contributed by atoms with van der Waals surface area (Å²) < 4.78 is 0. The monoisotopic (exact) mass is 411 g/mol. The molecule has 1 aromatic carbocycles. The van der Waals surface area contributed by atoms with Crippen LogP contribution in [0.1, 0.15) is 43.6 Å². The van der Waals surface area contributed by atoms with Crippen molar-refractivity contribution in [3.8, 4) is 0 Å². The lowest BCUT2D eigenvalue weighted by Crippen LogP contribution is -2.36. The number of aromatic nitrogens is 2. The maximum atomic E-state index is 4.78. The summed E-state index contributed by atoms with van der Waals surface area (Å²) in [5.74, 6) is 1.71. The first-order valence-electron chi connectivity index (χ1n) is 10.1. The molecule has 6 heteroatoms. The molecule has 2 aromatic heterocycles. The fourth-order valence-electron chi connectivity index (χ4n) is 3.91. The Kier molecular flexibility index (Phi) is 7.09. The number of nitrogens with zero attached hydrogens (tertiary/aromatic N) is 3. The van der Waals surface area contributed by atoms with Crippen LogP contribution in [0.25, 0.3) is 10.9 Å². The zero-order chi connectivity index (χ0) is 19.5. The van der Waals surface area contributed by atoms with E-state index < -0.39 is 0 Å². The summed E-state index contributed by atoms with van der Waals surface area (Å²) in [6.07, 6.45) is 4.68. The predicted octanol–water partition coefficient (Wildman–Crippen LogP) is 5.21. The normalized spacial score (nSPS) is 19.0. The maximum absolute atomic E-state index is 4.78. The number of hydrogen-bond acceptors (Lipinski definition) is 6. The summed E-state index contributed by atoms with van der Waals surface area (Å²) in [6, 6.07) is 11.5. The molecule has 4 rings (SSSR count). The zero-order valence-electron chi connectivity index (χ0n) is 16.9. The van der Waals surface area contributed by atoms with Crippen molar-refractivity contribution in [2.45, 2.75) is 58.7 Å². The quantitative estimate of drug-likeness (QED) is 0.583. The number of rotatable bonds is 6. The van der Waals surface area contributed by atoms with Crippen LogP contribution in [0.2, 0.25) is 0 Å². The summed E-state index contributed by atoms with van der Waals surface area (Å²) in [5, 5.41) is 10.6. The highest BCUT2D eigenvalue weighted by atomic mass is 32.1. The van der Waals surface area contributed by atoms with Gasteiger partial charge in [-0.15, -0.1) is 11.3 Å². The number of aryl methyl sites for hydroxylation is 1. The van der Waals surface area contributed by atoms with Crippen molar-refractivity contribution < 1.29 is 0 Å². The smallest absolute Gasteiger partial charge is 0.225 e. The van der Waals surface area contributed by atoms with Gasteiger partial charge >= 0.3 is 0 Å². The number of benzene rings is 1. The molecule has 3 aromatic rings. The Morgan fingerprint density at radius 3 is 2.45 bits per heavy atom. The molecule has 2 heterocycles. The van der Waals surface area contributed by atoms with Gasteiger partial charge in [-0.1, -0.05) is 19.6 Å². The van der Waals surface area contributed by atoms with Crippen LogP contribution in [-0.4, -0.2) is 36.1 Å². The first-order chi connectivity index (χ1) is 13.6. The molecule has 0 unspecified atom stereocenters. The van der Waals surface area contributed by atoms with Crippen molar-refractivity contribution in [2.24, 2.45) is 0 Å². The summed E-state index contributed by atoms with van der Waals surface area (Å²) >= 11 is 1.85. The molecule has 2 N–H and O–H groups in total. The van der Waals surface area contributed by atoms with Crippen LogP contribution in [0, 0.1) is 6.92 Å². The number of nitrogens with one attached hydrogen (secondary N) is 2. The number of hydrogen-bond donors (Lipinski definition) is 2. The molecule has 156 valence electrons. The van der Waals surface area contributed by atoms with E-state index in [0.29, 0.717) is 12.1 Å². The Labute approximate surface area is 178 Å². The minimum Gasteiger partial charge on any atom is -0.362 e. The SMILES string of the molecule is C.Cc1ccsc1CNC1CCC(Nc2nc(N(C)C)c3ccccc3n2)CC1. The van der Waals surface area contributed by atoms with Gasteiger partial charge in [-0.05, 0) is 61.7 Å². The van der Waals surface area contributed by atoms with Gasteiger partial charge in [0.15, 0.2) is 0 Å². The van der Waals surface area contributed by atoms with E-state index in [-0.39, 0.29) is 7.43 Å². The van der Waals surface area contributed by atoms with E-state index in [1.807, 2.05) is 37.6 Å². The van der Waals surface area contributed by atoms with Crippen LogP contribution in [-0.2, 0) is 6.54 Å². The van der Waals surface area contributed by atoms with Crippen LogP contribution in [0.3, 0.4) is 0 Å². The van der Waals surface area contributed by atoms with E-state index in [2.05, 4.69) is 46.0 Å². The standard InChI is InChI=1S/C22H29N5S.CH4/c1-15-12-13-28-20(15)14-23-16-8-10-17(11-9-16)24-22-25-19-7-5-4-6-18(19)21(26-22)27(2)3;/h4-7,12-13,16-17,23H,8-11,14H2,1-3H3,(H,24,25,26);1H4. The fraction of sp³-hybridized carbons (Fsp3) is 0.478. The van der Waals surface area contributed by atoms with Gasteiger partial charge in [0.1, 0.15) is 5.82 Å². The Balaban J connectivity index is 0.00000240. The highest BCUT2D eigenvalue weighted by molar-refractivity contribution is 7.10. The highest BCUT2D eigenvalue weighted by Gasteiger charge is 2.22. The molecule has 1 aliphatic carbocycles. The Hall–Kier alpha value is -2.18. The van der Waals surface area contributed by atoms with Crippen molar-refractivity contribution in [3.63, 3.8) is 0 Å². The molecule has 1 aliphatic rings. The van der Waals surface area contributed by atoms with Gasteiger partial charge in [-0.2, -0.15) is 4.98 Å². The molecule has 0 radical (unpaired) electrons. The van der Waals surface area contributed by atoms with Gasteiger partial charge in [0, 0.05) is 43.0 Å². The molecule has 0 atom stereocenters. The molecule has 0 aliphatic heterocycles. The van der Waals surface area contributed by atoms with Crippen molar-refractivity contribution in [2.75, 3.05) is 24.3 Å². The Morgan fingerprint density at radius 2 is 1.76 bits per heavy atom. The van der Waals surface area contributed by atoms with Crippen molar-refractivity contribution in [1.29, 1.82) is 0 Å². The Bertz CT molecular complexity index is 928. The van der Waals surface area contributed by atoms with Crippen molar-refractivity contribution >= 4 is 34.0 Å². The minimum absolute atomic E-state index is 0. The van der Waals surface area contributed by atoms with Crippen molar-refractivity contribution in [3.05, 3.63) is 46.2 Å². The van der Waals surface area contributed by atoms with Gasteiger partial charge in [-0.25, -0.2) is 4.98 Å². The third-order valence-corrected chi connectivity index (χ3v) is 6.61. The molecule has 0 bridgehead atoms. The van der Waals surface area contributed by atoms with E-state index in [1.54, 1.807) is 0 Å².